The normalized spacial score (nSPS) is 13.7. The summed E-state index contributed by atoms with van der Waals surface area (Å²) < 4.78 is 5.77. The highest BCUT2D eigenvalue weighted by atomic mass is 35.5. The number of rotatable bonds is 9. The van der Waals surface area contributed by atoms with Gasteiger partial charge in [0.2, 0.25) is 0 Å². The van der Waals surface area contributed by atoms with Crippen molar-refractivity contribution >= 4 is 29.3 Å². The van der Waals surface area contributed by atoms with Crippen LogP contribution < -0.4 is 10.1 Å². The van der Waals surface area contributed by atoms with E-state index in [1.165, 1.54) is 31.3 Å². The standard InChI is InChI=1S/C24H28ClNO2S/c1-2-28-23-13-8-19(24(27)26-15-14-18-6-4-3-5-7-18)16-20(23)17-29-22-11-9-21(25)10-12-22/h6,8-13,16H,2-5,7,14-15,17H2,1H3,(H,26,27). The molecule has 29 heavy (non-hydrogen) atoms. The van der Waals surface area contributed by atoms with Crippen molar-refractivity contribution in [2.45, 2.75) is 49.7 Å². The molecule has 3 rings (SSSR count). The molecule has 2 aromatic rings. The maximum atomic E-state index is 12.6. The van der Waals surface area contributed by atoms with E-state index in [2.05, 4.69) is 11.4 Å². The Balaban J connectivity index is 1.62. The van der Waals surface area contributed by atoms with Crippen LogP contribution in [0.5, 0.6) is 5.75 Å². The molecular formula is C24H28ClNO2S. The summed E-state index contributed by atoms with van der Waals surface area (Å²) in [6, 6.07) is 13.5. The molecule has 1 aliphatic rings. The summed E-state index contributed by atoms with van der Waals surface area (Å²) in [5.41, 5.74) is 3.18. The maximum Gasteiger partial charge on any atom is 0.251 e. The van der Waals surface area contributed by atoms with E-state index >= 15 is 0 Å². The molecule has 0 aliphatic heterocycles. The van der Waals surface area contributed by atoms with Gasteiger partial charge in [-0.2, -0.15) is 0 Å². The summed E-state index contributed by atoms with van der Waals surface area (Å²) in [5, 5.41) is 3.79. The zero-order chi connectivity index (χ0) is 20.5. The second kappa shape index (κ2) is 11.3. The van der Waals surface area contributed by atoms with E-state index < -0.39 is 0 Å². The molecule has 0 bridgehead atoms. The predicted octanol–water partition coefficient (Wildman–Crippen LogP) is 6.65. The van der Waals surface area contributed by atoms with Crippen LogP contribution in [0.15, 0.2) is 59.0 Å². The molecule has 3 nitrogen and oxygen atoms in total. The lowest BCUT2D eigenvalue weighted by molar-refractivity contribution is 0.0954. The number of ether oxygens (including phenoxy) is 1. The van der Waals surface area contributed by atoms with Gasteiger partial charge in [-0.25, -0.2) is 0 Å². The zero-order valence-corrected chi connectivity index (χ0v) is 18.5. The number of benzene rings is 2. The van der Waals surface area contributed by atoms with Crippen LogP contribution >= 0.6 is 23.4 Å². The van der Waals surface area contributed by atoms with Gasteiger partial charge in [0.25, 0.3) is 5.91 Å². The molecule has 0 aromatic heterocycles. The predicted molar refractivity (Wildman–Crippen MR) is 122 cm³/mol. The first-order valence-corrected chi connectivity index (χ1v) is 11.6. The Bertz CT molecular complexity index is 848. The van der Waals surface area contributed by atoms with Gasteiger partial charge in [0.15, 0.2) is 0 Å². The van der Waals surface area contributed by atoms with Gasteiger partial charge >= 0.3 is 0 Å². The number of hydrogen-bond acceptors (Lipinski definition) is 3. The van der Waals surface area contributed by atoms with Crippen molar-refractivity contribution in [2.75, 3.05) is 13.2 Å². The van der Waals surface area contributed by atoms with Crippen molar-refractivity contribution in [2.24, 2.45) is 0 Å². The molecule has 0 radical (unpaired) electrons. The van der Waals surface area contributed by atoms with Crippen molar-refractivity contribution < 1.29 is 9.53 Å². The van der Waals surface area contributed by atoms with Gasteiger partial charge < -0.3 is 10.1 Å². The summed E-state index contributed by atoms with van der Waals surface area (Å²) >= 11 is 7.67. The van der Waals surface area contributed by atoms with E-state index in [4.69, 9.17) is 16.3 Å². The SMILES string of the molecule is CCOc1ccc(C(=O)NCCC2=CCCCC2)cc1CSc1ccc(Cl)cc1. The molecule has 0 atom stereocenters. The van der Waals surface area contributed by atoms with Crippen LogP contribution in [0.2, 0.25) is 5.02 Å². The Kier molecular flexibility index (Phi) is 8.51. The number of carbonyl (C=O) groups is 1. The highest BCUT2D eigenvalue weighted by molar-refractivity contribution is 7.98. The van der Waals surface area contributed by atoms with Gasteiger partial charge in [0.05, 0.1) is 6.61 Å². The number of halogens is 1. The Hall–Kier alpha value is -1.91. The minimum absolute atomic E-state index is 0.0257. The average Bonchev–Trinajstić information content (AvgIpc) is 2.75. The molecule has 154 valence electrons. The number of nitrogens with one attached hydrogen (secondary N) is 1. The zero-order valence-electron chi connectivity index (χ0n) is 16.9. The summed E-state index contributed by atoms with van der Waals surface area (Å²) in [6.45, 7) is 3.25. The largest absolute Gasteiger partial charge is 0.494 e. The van der Waals surface area contributed by atoms with Crippen LogP contribution in [-0.4, -0.2) is 19.1 Å². The van der Waals surface area contributed by atoms with Crippen LogP contribution in [0.1, 0.15) is 54.9 Å². The van der Waals surface area contributed by atoms with Gasteiger partial charge in [0, 0.05) is 33.3 Å². The number of carbonyl (C=O) groups excluding carboxylic acids is 1. The molecule has 2 aromatic carbocycles. The van der Waals surface area contributed by atoms with Crippen molar-refractivity contribution in [3.63, 3.8) is 0 Å². The van der Waals surface area contributed by atoms with Gasteiger partial charge in [-0.3, -0.25) is 4.79 Å². The minimum atomic E-state index is -0.0257. The minimum Gasteiger partial charge on any atom is -0.494 e. The first-order valence-electron chi connectivity index (χ1n) is 10.3. The fourth-order valence-electron chi connectivity index (χ4n) is 3.39. The van der Waals surface area contributed by atoms with Crippen molar-refractivity contribution in [1.29, 1.82) is 0 Å². The van der Waals surface area contributed by atoms with Crippen molar-refractivity contribution in [1.82, 2.24) is 5.32 Å². The number of allylic oxidation sites excluding steroid dienone is 1. The van der Waals surface area contributed by atoms with Gasteiger partial charge in [-0.1, -0.05) is 23.3 Å². The summed E-state index contributed by atoms with van der Waals surface area (Å²) in [6.07, 6.45) is 8.19. The van der Waals surface area contributed by atoms with E-state index in [1.807, 2.05) is 49.4 Å². The molecule has 0 heterocycles. The van der Waals surface area contributed by atoms with Crippen molar-refractivity contribution in [3.05, 3.63) is 70.3 Å². The van der Waals surface area contributed by atoms with Crippen molar-refractivity contribution in [3.8, 4) is 5.75 Å². The first-order chi connectivity index (χ1) is 14.2. The summed E-state index contributed by atoms with van der Waals surface area (Å²) in [7, 11) is 0. The highest BCUT2D eigenvalue weighted by Gasteiger charge is 2.12. The van der Waals surface area contributed by atoms with E-state index in [1.54, 1.807) is 11.8 Å². The van der Waals surface area contributed by atoms with E-state index in [0.717, 1.165) is 33.4 Å². The lowest BCUT2D eigenvalue weighted by atomic mass is 9.97. The topological polar surface area (TPSA) is 38.3 Å². The van der Waals surface area contributed by atoms with Gasteiger partial charge in [0.1, 0.15) is 5.75 Å². The fourth-order valence-corrected chi connectivity index (χ4v) is 4.39. The van der Waals surface area contributed by atoms with E-state index in [-0.39, 0.29) is 5.91 Å². The van der Waals surface area contributed by atoms with Crippen LogP contribution in [0.25, 0.3) is 0 Å². The Morgan fingerprint density at radius 3 is 2.72 bits per heavy atom. The van der Waals surface area contributed by atoms with Gasteiger partial charge in [-0.15, -0.1) is 11.8 Å². The summed E-state index contributed by atoms with van der Waals surface area (Å²) in [4.78, 5) is 13.8. The molecular weight excluding hydrogens is 402 g/mol. The third-order valence-corrected chi connectivity index (χ3v) is 6.26. The average molecular weight is 430 g/mol. The van der Waals surface area contributed by atoms with E-state index in [0.29, 0.717) is 18.7 Å². The molecule has 0 fully saturated rings. The van der Waals surface area contributed by atoms with Crippen LogP contribution in [0.4, 0.5) is 0 Å². The van der Waals surface area contributed by atoms with Crippen LogP contribution in [0.3, 0.4) is 0 Å². The molecule has 1 amide bonds. The lowest BCUT2D eigenvalue weighted by Gasteiger charge is -2.14. The molecule has 0 unspecified atom stereocenters. The fraction of sp³-hybridized carbons (Fsp3) is 0.375. The Labute approximate surface area is 182 Å². The lowest BCUT2D eigenvalue weighted by Crippen LogP contribution is -2.25. The van der Waals surface area contributed by atoms with Gasteiger partial charge in [-0.05, 0) is 81.5 Å². The smallest absolute Gasteiger partial charge is 0.251 e. The second-order valence-electron chi connectivity index (χ2n) is 7.11. The highest BCUT2D eigenvalue weighted by Crippen LogP contribution is 2.30. The molecule has 0 saturated heterocycles. The first kappa shape index (κ1) is 21.8. The Morgan fingerprint density at radius 1 is 1.17 bits per heavy atom. The monoisotopic (exact) mass is 429 g/mol. The third kappa shape index (κ3) is 6.83. The molecule has 1 N–H and O–H groups in total. The number of amides is 1. The summed E-state index contributed by atoms with van der Waals surface area (Å²) in [5.74, 6) is 1.53. The molecule has 1 aliphatic carbocycles. The van der Waals surface area contributed by atoms with E-state index in [9.17, 15) is 4.79 Å². The quantitative estimate of drug-likeness (QED) is 0.358. The molecule has 5 heteroatoms. The number of hydrogen-bond donors (Lipinski definition) is 1. The second-order valence-corrected chi connectivity index (χ2v) is 8.60. The third-order valence-electron chi connectivity index (χ3n) is 4.95. The Morgan fingerprint density at radius 2 is 2.00 bits per heavy atom. The molecule has 0 saturated carbocycles. The maximum absolute atomic E-state index is 12.6. The molecule has 0 spiro atoms. The number of thioether (sulfide) groups is 1. The van der Waals surface area contributed by atoms with Crippen LogP contribution in [-0.2, 0) is 5.75 Å². The van der Waals surface area contributed by atoms with Crippen LogP contribution in [0, 0.1) is 0 Å².